The fourth-order valence-electron chi connectivity index (χ4n) is 2.50. The van der Waals surface area contributed by atoms with Gasteiger partial charge in [0, 0.05) is 0 Å². The molecule has 0 aliphatic heterocycles. The van der Waals surface area contributed by atoms with Crippen LogP contribution in [0.3, 0.4) is 0 Å². The Bertz CT molecular complexity index is 300. The Morgan fingerprint density at radius 1 is 1.47 bits per heavy atom. The Morgan fingerprint density at radius 2 is 2.12 bits per heavy atom. The molecule has 0 saturated carbocycles. The maximum Gasteiger partial charge on any atom is 0.101 e. The average molecular weight is 238 g/mol. The van der Waals surface area contributed by atoms with Crippen molar-refractivity contribution in [2.75, 3.05) is 0 Å². The lowest BCUT2D eigenvalue weighted by molar-refractivity contribution is -0.0219. The van der Waals surface area contributed by atoms with E-state index >= 15 is 0 Å². The maximum atomic E-state index is 10.1. The summed E-state index contributed by atoms with van der Waals surface area (Å²) < 4.78 is 0. The van der Waals surface area contributed by atoms with Gasteiger partial charge in [0.25, 0.3) is 0 Å². The van der Waals surface area contributed by atoms with Gasteiger partial charge in [0.05, 0.1) is 6.10 Å². The van der Waals surface area contributed by atoms with Gasteiger partial charge in [-0.1, -0.05) is 24.6 Å². The Labute approximate surface area is 105 Å². The molecular weight excluding hydrogens is 212 g/mol. The van der Waals surface area contributed by atoms with Gasteiger partial charge in [0.2, 0.25) is 0 Å². The number of allylic oxidation sites excluding steroid dienone is 3. The van der Waals surface area contributed by atoms with Crippen molar-refractivity contribution >= 4 is 0 Å². The summed E-state index contributed by atoms with van der Waals surface area (Å²) >= 11 is 0. The first kappa shape index (κ1) is 14.5. The van der Waals surface area contributed by atoms with Gasteiger partial charge in [-0.15, -0.1) is 0 Å². The molecule has 17 heavy (non-hydrogen) atoms. The van der Waals surface area contributed by atoms with Gasteiger partial charge in [-0.25, -0.2) is 0 Å². The highest BCUT2D eigenvalue weighted by Gasteiger charge is 2.33. The molecule has 1 rings (SSSR count). The van der Waals surface area contributed by atoms with Crippen LogP contribution in [0, 0.1) is 11.8 Å². The van der Waals surface area contributed by atoms with Crippen LogP contribution in [0.5, 0.6) is 0 Å². The summed E-state index contributed by atoms with van der Waals surface area (Å²) in [5, 5.41) is 19.9. The fourth-order valence-corrected chi connectivity index (χ4v) is 2.50. The molecule has 2 unspecified atom stereocenters. The molecule has 2 nitrogen and oxygen atoms in total. The first-order chi connectivity index (χ1) is 7.93. The molecule has 4 atom stereocenters. The zero-order valence-electron chi connectivity index (χ0n) is 11.5. The predicted molar refractivity (Wildman–Crippen MR) is 71.7 cm³/mol. The summed E-state index contributed by atoms with van der Waals surface area (Å²) in [5.74, 6) is 0.638. The molecule has 1 aliphatic carbocycles. The van der Waals surface area contributed by atoms with Crippen molar-refractivity contribution in [3.05, 3.63) is 23.3 Å². The molecule has 0 fully saturated rings. The van der Waals surface area contributed by atoms with Gasteiger partial charge in [0.15, 0.2) is 0 Å². The highest BCUT2D eigenvalue weighted by molar-refractivity contribution is 5.13. The average Bonchev–Trinajstić information content (AvgIpc) is 2.25. The molecule has 0 aromatic rings. The Hall–Kier alpha value is -0.600. The van der Waals surface area contributed by atoms with Gasteiger partial charge < -0.3 is 10.2 Å². The number of aliphatic hydroxyl groups excluding tert-OH is 2. The van der Waals surface area contributed by atoms with Crippen molar-refractivity contribution in [3.8, 4) is 0 Å². The van der Waals surface area contributed by atoms with Crippen LogP contribution in [0.4, 0.5) is 0 Å². The largest absolute Gasteiger partial charge is 0.390 e. The summed E-state index contributed by atoms with van der Waals surface area (Å²) in [6, 6.07) is 0. The van der Waals surface area contributed by atoms with Crippen molar-refractivity contribution < 1.29 is 10.2 Å². The van der Waals surface area contributed by atoms with E-state index in [1.54, 1.807) is 0 Å². The van der Waals surface area contributed by atoms with Crippen LogP contribution in [0.1, 0.15) is 47.0 Å². The molecular formula is C15H26O2. The van der Waals surface area contributed by atoms with Crippen LogP contribution in [0.25, 0.3) is 0 Å². The van der Waals surface area contributed by atoms with E-state index in [4.69, 9.17) is 0 Å². The van der Waals surface area contributed by atoms with E-state index < -0.39 is 12.2 Å². The highest BCUT2D eigenvalue weighted by Crippen LogP contribution is 2.32. The molecule has 0 heterocycles. The number of aliphatic hydroxyl groups is 2. The Kier molecular flexibility index (Phi) is 5.41. The van der Waals surface area contributed by atoms with Crippen molar-refractivity contribution in [3.63, 3.8) is 0 Å². The standard InChI is InChI=1S/C15H26O2/c1-10(2)6-5-7-11(3)13-9-8-12(4)14(16)15(13)17/h6,8,11,13-17H,5,7,9H2,1-4H3/t11?,13?,14-,15-/m0/s1. The molecule has 0 aromatic carbocycles. The van der Waals surface area contributed by atoms with Crippen LogP contribution < -0.4 is 0 Å². The zero-order chi connectivity index (χ0) is 13.0. The van der Waals surface area contributed by atoms with E-state index in [1.807, 2.05) is 6.92 Å². The number of hydrogen-bond donors (Lipinski definition) is 2. The highest BCUT2D eigenvalue weighted by atomic mass is 16.3. The summed E-state index contributed by atoms with van der Waals surface area (Å²) in [7, 11) is 0. The third-order valence-electron chi connectivity index (χ3n) is 3.85. The smallest absolute Gasteiger partial charge is 0.101 e. The van der Waals surface area contributed by atoms with Gasteiger partial charge in [-0.3, -0.25) is 0 Å². The molecule has 0 radical (unpaired) electrons. The van der Waals surface area contributed by atoms with E-state index in [9.17, 15) is 10.2 Å². The molecule has 0 amide bonds. The maximum absolute atomic E-state index is 10.1. The molecule has 0 bridgehead atoms. The first-order valence-electron chi connectivity index (χ1n) is 6.59. The van der Waals surface area contributed by atoms with Gasteiger partial charge in [-0.05, 0) is 57.4 Å². The monoisotopic (exact) mass is 238 g/mol. The van der Waals surface area contributed by atoms with E-state index in [0.717, 1.165) is 24.8 Å². The minimum atomic E-state index is -0.667. The van der Waals surface area contributed by atoms with Crippen molar-refractivity contribution in [1.29, 1.82) is 0 Å². The van der Waals surface area contributed by atoms with E-state index in [2.05, 4.69) is 32.9 Å². The molecule has 2 N–H and O–H groups in total. The lowest BCUT2D eigenvalue weighted by atomic mass is 9.76. The second kappa shape index (κ2) is 6.36. The van der Waals surface area contributed by atoms with E-state index in [-0.39, 0.29) is 5.92 Å². The normalized spacial score (nSPS) is 30.7. The SMILES string of the molecule is CC(C)=CCCC(C)C1CC=C(C)[C@H](O)[C@H]1O. The van der Waals surface area contributed by atoms with Crippen LogP contribution in [0.15, 0.2) is 23.3 Å². The predicted octanol–water partition coefficient (Wildman–Crippen LogP) is 3.06. The first-order valence-corrected chi connectivity index (χ1v) is 6.59. The fraction of sp³-hybridized carbons (Fsp3) is 0.733. The lowest BCUT2D eigenvalue weighted by Gasteiger charge is -2.34. The summed E-state index contributed by atoms with van der Waals surface area (Å²) in [6.07, 6.45) is 6.07. The van der Waals surface area contributed by atoms with Gasteiger partial charge >= 0.3 is 0 Å². The minimum Gasteiger partial charge on any atom is -0.390 e. The topological polar surface area (TPSA) is 40.5 Å². The van der Waals surface area contributed by atoms with Crippen LogP contribution in [-0.4, -0.2) is 22.4 Å². The van der Waals surface area contributed by atoms with E-state index in [0.29, 0.717) is 5.92 Å². The zero-order valence-corrected chi connectivity index (χ0v) is 11.5. The Balaban J connectivity index is 2.53. The van der Waals surface area contributed by atoms with Gasteiger partial charge in [0.1, 0.15) is 6.10 Å². The number of hydrogen-bond acceptors (Lipinski definition) is 2. The van der Waals surface area contributed by atoms with Gasteiger partial charge in [-0.2, -0.15) is 0 Å². The second-order valence-electron chi connectivity index (χ2n) is 5.62. The molecule has 0 saturated heterocycles. The van der Waals surface area contributed by atoms with E-state index in [1.165, 1.54) is 5.57 Å². The third-order valence-corrected chi connectivity index (χ3v) is 3.85. The van der Waals surface area contributed by atoms with Crippen LogP contribution in [-0.2, 0) is 0 Å². The van der Waals surface area contributed by atoms with Crippen molar-refractivity contribution in [2.24, 2.45) is 11.8 Å². The molecule has 98 valence electrons. The number of rotatable bonds is 4. The Morgan fingerprint density at radius 3 is 2.71 bits per heavy atom. The third kappa shape index (κ3) is 3.97. The molecule has 1 aliphatic rings. The quantitative estimate of drug-likeness (QED) is 0.739. The molecule has 0 aromatic heterocycles. The lowest BCUT2D eigenvalue weighted by Crippen LogP contribution is -2.40. The second-order valence-corrected chi connectivity index (χ2v) is 5.62. The summed E-state index contributed by atoms with van der Waals surface area (Å²) in [4.78, 5) is 0. The molecule has 0 spiro atoms. The minimum absolute atomic E-state index is 0.194. The summed E-state index contributed by atoms with van der Waals surface area (Å²) in [6.45, 7) is 8.28. The molecule has 2 heteroatoms. The summed E-state index contributed by atoms with van der Waals surface area (Å²) in [5.41, 5.74) is 2.25. The van der Waals surface area contributed by atoms with Crippen molar-refractivity contribution in [1.82, 2.24) is 0 Å². The van der Waals surface area contributed by atoms with Crippen molar-refractivity contribution in [2.45, 2.75) is 59.2 Å². The van der Waals surface area contributed by atoms with Crippen LogP contribution in [0.2, 0.25) is 0 Å². The van der Waals surface area contributed by atoms with Crippen LogP contribution >= 0.6 is 0 Å².